The van der Waals surface area contributed by atoms with Crippen LogP contribution in [0.25, 0.3) is 0 Å². The molecule has 0 saturated carbocycles. The predicted octanol–water partition coefficient (Wildman–Crippen LogP) is 5.98. The van der Waals surface area contributed by atoms with Crippen molar-refractivity contribution in [2.24, 2.45) is 0 Å². The summed E-state index contributed by atoms with van der Waals surface area (Å²) in [7, 11) is 0. The molecule has 0 heterocycles. The second-order valence-corrected chi connectivity index (χ2v) is 6.62. The zero-order valence-electron chi connectivity index (χ0n) is 11.2. The predicted molar refractivity (Wildman–Crippen MR) is 84.6 cm³/mol. The Bertz CT molecular complexity index is 591. The molecule has 2 aromatic carbocycles. The van der Waals surface area contributed by atoms with Crippen LogP contribution in [0.5, 0.6) is 0 Å². The van der Waals surface area contributed by atoms with Gasteiger partial charge in [-0.05, 0) is 60.1 Å². The van der Waals surface area contributed by atoms with Crippen molar-refractivity contribution in [2.45, 2.75) is 23.9 Å². The molecule has 0 aromatic heterocycles. The van der Waals surface area contributed by atoms with Crippen LogP contribution in [0.15, 0.2) is 51.8 Å². The Labute approximate surface area is 134 Å². The number of hydrogen-bond acceptors (Lipinski definition) is 2. The lowest BCUT2D eigenvalue weighted by molar-refractivity contribution is -0.0328. The molecule has 0 amide bonds. The van der Waals surface area contributed by atoms with E-state index in [1.54, 1.807) is 12.1 Å². The number of benzene rings is 2. The summed E-state index contributed by atoms with van der Waals surface area (Å²) in [6.07, 6.45) is 0. The molecule has 0 aliphatic carbocycles. The third-order valence-electron chi connectivity index (χ3n) is 2.70. The lowest BCUT2D eigenvalue weighted by Crippen LogP contribution is -2.01. The minimum Gasteiger partial charge on any atom is -0.381 e. The number of rotatable bonds is 4. The molecule has 2 aromatic rings. The highest BCUT2D eigenvalue weighted by Crippen LogP contribution is 2.36. The monoisotopic (exact) mass is 375 g/mol. The summed E-state index contributed by atoms with van der Waals surface area (Å²) in [5.74, 6) is 0. The van der Waals surface area contributed by atoms with Gasteiger partial charge in [0.05, 0.1) is 0 Å². The first-order valence-corrected chi connectivity index (χ1v) is 7.78. The zero-order valence-corrected chi connectivity index (χ0v) is 13.6. The van der Waals surface area contributed by atoms with E-state index in [-0.39, 0.29) is 16.7 Å². The van der Waals surface area contributed by atoms with Crippen LogP contribution in [0.2, 0.25) is 0 Å². The van der Waals surface area contributed by atoms with Gasteiger partial charge in [0.15, 0.2) is 0 Å². The number of nitrogens with one attached hydrogen (secondary N) is 1. The van der Waals surface area contributed by atoms with Gasteiger partial charge in [-0.2, -0.15) is 13.2 Å². The smallest absolute Gasteiger partial charge is 0.381 e. The van der Waals surface area contributed by atoms with E-state index >= 15 is 0 Å². The molecule has 0 saturated heterocycles. The van der Waals surface area contributed by atoms with Gasteiger partial charge in [-0.1, -0.05) is 28.1 Å². The third kappa shape index (κ3) is 5.63. The van der Waals surface area contributed by atoms with Crippen LogP contribution in [0, 0.1) is 6.92 Å². The lowest BCUT2D eigenvalue weighted by Gasteiger charge is -2.09. The topological polar surface area (TPSA) is 12.0 Å². The number of halogens is 4. The molecule has 0 atom stereocenters. The maximum Gasteiger partial charge on any atom is 0.446 e. The number of thioether (sulfide) groups is 1. The molecule has 0 bridgehead atoms. The van der Waals surface area contributed by atoms with Crippen LogP contribution in [0.3, 0.4) is 0 Å². The Morgan fingerprint density at radius 3 is 2.33 bits per heavy atom. The molecular weight excluding hydrogens is 363 g/mol. The molecule has 112 valence electrons. The highest BCUT2D eigenvalue weighted by molar-refractivity contribution is 9.10. The van der Waals surface area contributed by atoms with E-state index in [1.165, 1.54) is 12.1 Å². The summed E-state index contributed by atoms with van der Waals surface area (Å²) < 4.78 is 37.7. The number of aryl methyl sites for hydroxylation is 1. The summed E-state index contributed by atoms with van der Waals surface area (Å²) in [6.45, 7) is 2.56. The first-order valence-electron chi connectivity index (χ1n) is 6.17. The minimum absolute atomic E-state index is 0.0988. The van der Waals surface area contributed by atoms with Crippen molar-refractivity contribution >= 4 is 33.4 Å². The van der Waals surface area contributed by atoms with E-state index in [2.05, 4.69) is 21.2 Å². The van der Waals surface area contributed by atoms with E-state index < -0.39 is 5.51 Å². The summed E-state index contributed by atoms with van der Waals surface area (Å²) >= 11 is 3.33. The molecule has 2 rings (SSSR count). The summed E-state index contributed by atoms with van der Waals surface area (Å²) in [6, 6.07) is 12.4. The molecular formula is C15H13BrF3NS. The van der Waals surface area contributed by atoms with E-state index in [1.807, 2.05) is 25.1 Å². The average molecular weight is 376 g/mol. The molecule has 6 heteroatoms. The van der Waals surface area contributed by atoms with Crippen molar-refractivity contribution in [3.8, 4) is 0 Å². The van der Waals surface area contributed by atoms with Crippen molar-refractivity contribution in [2.75, 3.05) is 5.32 Å². The highest BCUT2D eigenvalue weighted by atomic mass is 79.9. The van der Waals surface area contributed by atoms with Crippen LogP contribution < -0.4 is 5.32 Å². The fourth-order valence-electron chi connectivity index (χ4n) is 1.85. The van der Waals surface area contributed by atoms with Gasteiger partial charge in [0.2, 0.25) is 0 Å². The second-order valence-electron chi connectivity index (χ2n) is 4.56. The van der Waals surface area contributed by atoms with E-state index in [0.29, 0.717) is 6.54 Å². The Balaban J connectivity index is 1.97. The van der Waals surface area contributed by atoms with Gasteiger partial charge >= 0.3 is 5.51 Å². The van der Waals surface area contributed by atoms with Crippen molar-refractivity contribution in [1.82, 2.24) is 0 Å². The molecule has 0 spiro atoms. The van der Waals surface area contributed by atoms with Crippen molar-refractivity contribution in [3.63, 3.8) is 0 Å². The maximum atomic E-state index is 12.2. The fraction of sp³-hybridized carbons (Fsp3) is 0.200. The van der Waals surface area contributed by atoms with E-state index in [4.69, 9.17) is 0 Å². The number of alkyl halides is 3. The molecule has 0 radical (unpaired) electrons. The molecule has 1 nitrogen and oxygen atoms in total. The molecule has 0 unspecified atom stereocenters. The standard InChI is InChI=1S/C15H13BrF3NS/c1-10-6-12(16)8-13(7-10)20-9-11-2-4-14(5-3-11)21-15(17,18)19/h2-8,20H,9H2,1H3. The Morgan fingerprint density at radius 2 is 1.76 bits per heavy atom. The first kappa shape index (κ1) is 16.2. The van der Waals surface area contributed by atoms with Gasteiger partial charge in [0.25, 0.3) is 0 Å². The zero-order chi connectivity index (χ0) is 15.5. The normalized spacial score (nSPS) is 11.5. The Kier molecular flexibility index (Phi) is 5.22. The maximum absolute atomic E-state index is 12.2. The minimum atomic E-state index is -4.24. The Morgan fingerprint density at radius 1 is 1.10 bits per heavy atom. The molecule has 0 aliphatic heterocycles. The van der Waals surface area contributed by atoms with Gasteiger partial charge in [-0.15, -0.1) is 0 Å². The molecule has 21 heavy (non-hydrogen) atoms. The fourth-order valence-corrected chi connectivity index (χ4v) is 3.00. The van der Waals surface area contributed by atoms with Gasteiger partial charge in [0.1, 0.15) is 0 Å². The summed E-state index contributed by atoms with van der Waals surface area (Å²) in [5, 5.41) is 3.25. The molecule has 0 fully saturated rings. The van der Waals surface area contributed by atoms with E-state index in [0.717, 1.165) is 21.3 Å². The number of anilines is 1. The lowest BCUT2D eigenvalue weighted by atomic mass is 10.2. The van der Waals surface area contributed by atoms with Crippen LogP contribution in [-0.2, 0) is 6.54 Å². The highest BCUT2D eigenvalue weighted by Gasteiger charge is 2.28. The number of hydrogen-bond donors (Lipinski definition) is 1. The van der Waals surface area contributed by atoms with Gasteiger partial charge in [-0.25, -0.2) is 0 Å². The average Bonchev–Trinajstić information content (AvgIpc) is 2.35. The van der Waals surface area contributed by atoms with Crippen molar-refractivity contribution in [1.29, 1.82) is 0 Å². The van der Waals surface area contributed by atoms with Crippen molar-refractivity contribution < 1.29 is 13.2 Å². The second kappa shape index (κ2) is 6.75. The van der Waals surface area contributed by atoms with Crippen molar-refractivity contribution in [3.05, 3.63) is 58.1 Å². The van der Waals surface area contributed by atoms with E-state index in [9.17, 15) is 13.2 Å². The Hall–Kier alpha value is -1.14. The van der Waals surface area contributed by atoms with Gasteiger partial charge < -0.3 is 5.32 Å². The molecule has 0 aliphatic rings. The summed E-state index contributed by atoms with van der Waals surface area (Å²) in [4.78, 5) is 0.199. The van der Waals surface area contributed by atoms with Gasteiger partial charge in [0, 0.05) is 21.6 Å². The van der Waals surface area contributed by atoms with Crippen LogP contribution in [0.1, 0.15) is 11.1 Å². The quantitative estimate of drug-likeness (QED) is 0.659. The SMILES string of the molecule is Cc1cc(Br)cc(NCc2ccc(SC(F)(F)F)cc2)c1. The first-order chi connectivity index (χ1) is 9.82. The summed E-state index contributed by atoms with van der Waals surface area (Å²) in [5.41, 5.74) is -1.22. The van der Waals surface area contributed by atoms with Crippen LogP contribution >= 0.6 is 27.7 Å². The van der Waals surface area contributed by atoms with Crippen LogP contribution in [-0.4, -0.2) is 5.51 Å². The largest absolute Gasteiger partial charge is 0.446 e. The van der Waals surface area contributed by atoms with Crippen LogP contribution in [0.4, 0.5) is 18.9 Å². The molecule has 1 N–H and O–H groups in total. The van der Waals surface area contributed by atoms with Gasteiger partial charge in [-0.3, -0.25) is 0 Å². The third-order valence-corrected chi connectivity index (χ3v) is 3.89.